The van der Waals surface area contributed by atoms with Gasteiger partial charge in [-0.3, -0.25) is 0 Å². The highest BCUT2D eigenvalue weighted by molar-refractivity contribution is 5.62. The molecule has 0 amide bonds. The normalized spacial score (nSPS) is 28.7. The summed E-state index contributed by atoms with van der Waals surface area (Å²) in [5, 5.41) is 8.18. The van der Waals surface area contributed by atoms with Gasteiger partial charge in [0.05, 0.1) is 31.2 Å². The van der Waals surface area contributed by atoms with Crippen LogP contribution < -0.4 is 19.7 Å². The molecule has 0 spiro atoms. The molecule has 0 saturated heterocycles. The van der Waals surface area contributed by atoms with Crippen molar-refractivity contribution in [2.24, 2.45) is 0 Å². The summed E-state index contributed by atoms with van der Waals surface area (Å²) in [5.74, 6) is 1.69. The first-order chi connectivity index (χ1) is 15.7. The summed E-state index contributed by atoms with van der Waals surface area (Å²) in [7, 11) is 0. The molecule has 5 heterocycles. The molecule has 2 aliphatic carbocycles. The van der Waals surface area contributed by atoms with Gasteiger partial charge in [-0.2, -0.15) is 5.10 Å². The quantitative estimate of drug-likeness (QED) is 0.581. The zero-order valence-corrected chi connectivity index (χ0v) is 17.7. The first kappa shape index (κ1) is 18.6. The van der Waals surface area contributed by atoms with Gasteiger partial charge in [0.1, 0.15) is 18.0 Å². The fraction of sp³-hybridized carbons (Fsp3) is 0.522. The van der Waals surface area contributed by atoms with Crippen molar-refractivity contribution in [3.8, 4) is 11.6 Å². The molecule has 2 fully saturated rings. The van der Waals surface area contributed by atoms with Crippen LogP contribution in [0, 0.1) is 5.82 Å². The van der Waals surface area contributed by atoms with E-state index in [2.05, 4.69) is 20.3 Å². The van der Waals surface area contributed by atoms with E-state index in [4.69, 9.17) is 14.5 Å². The highest BCUT2D eigenvalue weighted by Gasteiger charge is 2.41. The fourth-order valence-electron chi connectivity index (χ4n) is 5.82. The third kappa shape index (κ3) is 2.87. The molecule has 2 aliphatic heterocycles. The average Bonchev–Trinajstić information content (AvgIpc) is 3.52. The van der Waals surface area contributed by atoms with E-state index in [1.807, 2.05) is 12.4 Å². The number of aromatic nitrogens is 4. The Morgan fingerprint density at radius 1 is 1.03 bits per heavy atom. The second kappa shape index (κ2) is 7.03. The molecule has 0 radical (unpaired) electrons. The maximum absolute atomic E-state index is 14.3. The highest BCUT2D eigenvalue weighted by atomic mass is 19.1. The number of halogens is 1. The van der Waals surface area contributed by atoms with Crippen molar-refractivity contribution in [3.05, 3.63) is 41.6 Å². The van der Waals surface area contributed by atoms with Crippen molar-refractivity contribution in [3.63, 3.8) is 0 Å². The number of fused-ring (bicyclic) bond motifs is 4. The number of hydrogen-bond donors (Lipinski definition) is 1. The van der Waals surface area contributed by atoms with Gasteiger partial charge in [0, 0.05) is 23.7 Å². The Bertz CT molecular complexity index is 1200. The first-order valence-electron chi connectivity index (χ1n) is 11.6. The van der Waals surface area contributed by atoms with Crippen molar-refractivity contribution in [2.75, 3.05) is 4.90 Å². The SMILES string of the molecule is Fc1cnc2c(c1)CN1c3nc4c(cnn4cc3O[C@H]3CCC[C@H]31)CN[C@@H]1CCC[C@@H]1O2. The lowest BCUT2D eigenvalue weighted by Crippen LogP contribution is -2.47. The Morgan fingerprint density at radius 3 is 2.91 bits per heavy atom. The van der Waals surface area contributed by atoms with Gasteiger partial charge in [0.15, 0.2) is 17.2 Å². The van der Waals surface area contributed by atoms with E-state index in [1.165, 1.54) is 6.20 Å². The third-order valence-electron chi connectivity index (χ3n) is 7.39. The van der Waals surface area contributed by atoms with Crippen LogP contribution in [0.2, 0.25) is 0 Å². The molecule has 166 valence electrons. The Balaban J connectivity index is 1.41. The van der Waals surface area contributed by atoms with Gasteiger partial charge in [-0.25, -0.2) is 18.9 Å². The largest absolute Gasteiger partial charge is 0.483 e. The van der Waals surface area contributed by atoms with Crippen LogP contribution in [0.1, 0.15) is 49.7 Å². The summed E-state index contributed by atoms with van der Waals surface area (Å²) in [5.41, 5.74) is 2.63. The maximum Gasteiger partial charge on any atom is 0.218 e. The molecule has 4 aliphatic rings. The van der Waals surface area contributed by atoms with E-state index < -0.39 is 0 Å². The maximum atomic E-state index is 14.3. The monoisotopic (exact) mass is 436 g/mol. The van der Waals surface area contributed by atoms with Gasteiger partial charge < -0.3 is 19.7 Å². The molecule has 9 heteroatoms. The second-order valence-electron chi connectivity index (χ2n) is 9.34. The van der Waals surface area contributed by atoms with Crippen LogP contribution in [0.25, 0.3) is 5.65 Å². The molecule has 2 bridgehead atoms. The second-order valence-corrected chi connectivity index (χ2v) is 9.34. The van der Waals surface area contributed by atoms with E-state index in [0.29, 0.717) is 19.0 Å². The van der Waals surface area contributed by atoms with Crippen LogP contribution in [0.3, 0.4) is 0 Å². The van der Waals surface area contributed by atoms with Crippen molar-refractivity contribution in [1.82, 2.24) is 24.9 Å². The summed E-state index contributed by atoms with van der Waals surface area (Å²) in [6.45, 7) is 1.14. The van der Waals surface area contributed by atoms with Crippen molar-refractivity contribution >= 4 is 11.5 Å². The van der Waals surface area contributed by atoms with E-state index in [-0.39, 0.29) is 30.1 Å². The van der Waals surface area contributed by atoms with Crippen LogP contribution in [-0.2, 0) is 13.1 Å². The lowest BCUT2D eigenvalue weighted by atomic mass is 10.1. The van der Waals surface area contributed by atoms with Crippen LogP contribution in [-0.4, -0.2) is 43.9 Å². The standard InChI is InChI=1S/C23H25FN6O2/c24-15-7-13-11-29-17-4-2-6-19(17)31-20-12-30-21(28-22(20)29)14(9-27-30)8-25-16-3-1-5-18(16)32-23(13)26-10-15/h7,9-10,12,16-19,25H,1-6,8,11H2/t16-,17-,18+,19+/m1/s1. The van der Waals surface area contributed by atoms with Crippen LogP contribution in [0.5, 0.6) is 11.6 Å². The van der Waals surface area contributed by atoms with Gasteiger partial charge in [0.2, 0.25) is 5.88 Å². The van der Waals surface area contributed by atoms with Crippen molar-refractivity contribution < 1.29 is 13.9 Å². The van der Waals surface area contributed by atoms with Gasteiger partial charge in [0.25, 0.3) is 0 Å². The lowest BCUT2D eigenvalue weighted by Gasteiger charge is -2.39. The minimum absolute atomic E-state index is 0.00841. The Hall–Kier alpha value is -2.94. The summed E-state index contributed by atoms with van der Waals surface area (Å²) in [4.78, 5) is 11.7. The van der Waals surface area contributed by atoms with Crippen LogP contribution >= 0.6 is 0 Å². The van der Waals surface area contributed by atoms with E-state index >= 15 is 0 Å². The van der Waals surface area contributed by atoms with E-state index in [0.717, 1.165) is 66.9 Å². The first-order valence-corrected chi connectivity index (χ1v) is 11.6. The molecule has 4 atom stereocenters. The molecule has 0 aromatic carbocycles. The van der Waals surface area contributed by atoms with Crippen LogP contribution in [0.4, 0.5) is 10.2 Å². The zero-order valence-electron chi connectivity index (χ0n) is 17.7. The molecule has 7 rings (SSSR count). The third-order valence-corrected chi connectivity index (χ3v) is 7.39. The number of rotatable bonds is 0. The fourth-order valence-corrected chi connectivity index (χ4v) is 5.82. The number of nitrogens with one attached hydrogen (secondary N) is 1. The smallest absolute Gasteiger partial charge is 0.218 e. The molecule has 2 saturated carbocycles. The van der Waals surface area contributed by atoms with E-state index in [9.17, 15) is 4.39 Å². The van der Waals surface area contributed by atoms with Crippen molar-refractivity contribution in [2.45, 2.75) is 75.9 Å². The molecular formula is C23H25FN6O2. The van der Waals surface area contributed by atoms with Gasteiger partial charge in [-0.1, -0.05) is 0 Å². The number of anilines is 1. The van der Waals surface area contributed by atoms with Gasteiger partial charge >= 0.3 is 0 Å². The molecular weight excluding hydrogens is 411 g/mol. The summed E-state index contributed by atoms with van der Waals surface area (Å²) < 4.78 is 28.9. The van der Waals surface area contributed by atoms with Gasteiger partial charge in [-0.15, -0.1) is 0 Å². The molecule has 3 aromatic heterocycles. The summed E-state index contributed by atoms with van der Waals surface area (Å²) in [6.07, 6.45) is 11.4. The minimum Gasteiger partial charge on any atom is -0.483 e. The molecule has 8 nitrogen and oxygen atoms in total. The summed E-state index contributed by atoms with van der Waals surface area (Å²) >= 11 is 0. The lowest BCUT2D eigenvalue weighted by molar-refractivity contribution is 0.161. The number of nitrogens with zero attached hydrogens (tertiary/aromatic N) is 5. The number of ether oxygens (including phenoxy) is 2. The summed E-state index contributed by atoms with van der Waals surface area (Å²) in [6, 6.07) is 1.96. The molecule has 3 aromatic rings. The molecule has 32 heavy (non-hydrogen) atoms. The molecule has 0 unspecified atom stereocenters. The molecule has 1 N–H and O–H groups in total. The zero-order chi connectivity index (χ0) is 21.2. The van der Waals surface area contributed by atoms with Gasteiger partial charge in [-0.05, 0) is 44.6 Å². The Morgan fingerprint density at radius 2 is 1.94 bits per heavy atom. The highest BCUT2D eigenvalue weighted by Crippen LogP contribution is 2.42. The van der Waals surface area contributed by atoms with E-state index in [1.54, 1.807) is 10.6 Å². The predicted octanol–water partition coefficient (Wildman–Crippen LogP) is 2.99. The predicted molar refractivity (Wildman–Crippen MR) is 114 cm³/mol. The number of pyridine rings is 1. The topological polar surface area (TPSA) is 76.8 Å². The number of hydrogen-bond acceptors (Lipinski definition) is 7. The Labute approximate surface area is 184 Å². The average molecular weight is 436 g/mol. The van der Waals surface area contributed by atoms with Crippen molar-refractivity contribution in [1.29, 1.82) is 0 Å². The Kier molecular flexibility index (Phi) is 4.09. The van der Waals surface area contributed by atoms with Crippen LogP contribution in [0.15, 0.2) is 24.7 Å². The minimum atomic E-state index is -0.351.